The summed E-state index contributed by atoms with van der Waals surface area (Å²) in [6.07, 6.45) is 1.42. The largest absolute Gasteiger partial charge is 0.494 e. The van der Waals surface area contributed by atoms with Crippen molar-refractivity contribution < 1.29 is 4.74 Å². The minimum atomic E-state index is -0.402. The first-order chi connectivity index (χ1) is 9.93. The molecule has 0 saturated heterocycles. The highest BCUT2D eigenvalue weighted by atomic mass is 35.5. The van der Waals surface area contributed by atoms with Crippen LogP contribution in [0.4, 0.5) is 0 Å². The summed E-state index contributed by atoms with van der Waals surface area (Å²) in [7, 11) is 1.47. The molecule has 0 amide bonds. The van der Waals surface area contributed by atoms with E-state index in [1.54, 1.807) is 19.1 Å². The third-order valence-electron chi connectivity index (χ3n) is 2.56. The summed E-state index contributed by atoms with van der Waals surface area (Å²) >= 11 is 17.0. The van der Waals surface area contributed by atoms with E-state index < -0.39 is 5.56 Å². The Morgan fingerprint density at radius 1 is 1.43 bits per heavy atom. The van der Waals surface area contributed by atoms with Gasteiger partial charge < -0.3 is 4.74 Å². The second-order valence-corrected chi connectivity index (χ2v) is 5.19. The molecule has 1 N–H and O–H groups in total. The van der Waals surface area contributed by atoms with Gasteiger partial charge in [0.15, 0.2) is 5.75 Å². The van der Waals surface area contributed by atoms with Crippen LogP contribution in [0.25, 0.3) is 0 Å². The van der Waals surface area contributed by atoms with Crippen molar-refractivity contribution in [2.45, 2.75) is 6.92 Å². The third kappa shape index (κ3) is 3.31. The number of hydrogen-bond acceptors (Lipinski definition) is 5. The summed E-state index contributed by atoms with van der Waals surface area (Å²) in [5, 5.41) is 11.0. The summed E-state index contributed by atoms with van der Waals surface area (Å²) in [6, 6.07) is 3.23. The monoisotopic (exact) mass is 344 g/mol. The molecule has 21 heavy (non-hydrogen) atoms. The smallest absolute Gasteiger partial charge is 0.296 e. The molecule has 0 atom stereocenters. The molecular formula is C12H10Cl2N4O2S. The second-order valence-electron chi connectivity index (χ2n) is 3.99. The van der Waals surface area contributed by atoms with E-state index in [2.05, 4.69) is 15.3 Å². The molecule has 0 aliphatic heterocycles. The predicted molar refractivity (Wildman–Crippen MR) is 84.4 cm³/mol. The first kappa shape index (κ1) is 15.7. The summed E-state index contributed by atoms with van der Waals surface area (Å²) in [6.45, 7) is 1.56. The van der Waals surface area contributed by atoms with Crippen LogP contribution >= 0.6 is 35.4 Å². The maximum absolute atomic E-state index is 11.9. The van der Waals surface area contributed by atoms with E-state index >= 15 is 0 Å². The Kier molecular flexibility index (Phi) is 4.76. The highest BCUT2D eigenvalue weighted by Gasteiger charge is 2.08. The number of aromatic nitrogens is 3. The number of hydrogen-bond donors (Lipinski definition) is 1. The van der Waals surface area contributed by atoms with Crippen LogP contribution in [-0.2, 0) is 0 Å². The quantitative estimate of drug-likeness (QED) is 0.686. The second kappa shape index (κ2) is 6.38. The van der Waals surface area contributed by atoms with Gasteiger partial charge in [0.25, 0.3) is 5.56 Å². The molecule has 1 heterocycles. The van der Waals surface area contributed by atoms with Crippen LogP contribution < -0.4 is 10.3 Å². The van der Waals surface area contributed by atoms with Gasteiger partial charge in [0.1, 0.15) is 5.69 Å². The van der Waals surface area contributed by atoms with Gasteiger partial charge in [0.05, 0.1) is 23.4 Å². The van der Waals surface area contributed by atoms with Crippen molar-refractivity contribution in [3.63, 3.8) is 0 Å². The van der Waals surface area contributed by atoms with Crippen molar-refractivity contribution in [2.75, 3.05) is 7.11 Å². The number of benzene rings is 1. The molecule has 2 rings (SSSR count). The molecule has 0 saturated carbocycles. The van der Waals surface area contributed by atoms with Crippen LogP contribution in [0.2, 0.25) is 10.0 Å². The van der Waals surface area contributed by atoms with E-state index in [1.807, 2.05) is 0 Å². The van der Waals surface area contributed by atoms with E-state index in [9.17, 15) is 4.79 Å². The van der Waals surface area contributed by atoms with E-state index in [4.69, 9.17) is 40.2 Å². The van der Waals surface area contributed by atoms with Crippen molar-refractivity contribution in [1.29, 1.82) is 0 Å². The fraction of sp³-hybridized carbons (Fsp3) is 0.167. The van der Waals surface area contributed by atoms with E-state index in [0.29, 0.717) is 21.4 Å². The van der Waals surface area contributed by atoms with Crippen LogP contribution in [-0.4, -0.2) is 28.2 Å². The molecule has 0 unspecified atom stereocenters. The molecule has 0 radical (unpaired) electrons. The van der Waals surface area contributed by atoms with Gasteiger partial charge >= 0.3 is 0 Å². The van der Waals surface area contributed by atoms with Crippen LogP contribution in [0.15, 0.2) is 22.0 Å². The molecule has 6 nitrogen and oxygen atoms in total. The van der Waals surface area contributed by atoms with E-state index in [1.165, 1.54) is 13.3 Å². The Hall–Kier alpha value is -1.70. The van der Waals surface area contributed by atoms with Crippen LogP contribution in [0.5, 0.6) is 5.75 Å². The zero-order valence-corrected chi connectivity index (χ0v) is 13.4. The van der Waals surface area contributed by atoms with Crippen molar-refractivity contribution in [3.8, 4) is 5.75 Å². The molecule has 1 aromatic carbocycles. The lowest BCUT2D eigenvalue weighted by Gasteiger charge is -2.06. The molecule has 1 aromatic heterocycles. The minimum Gasteiger partial charge on any atom is -0.494 e. The number of H-pyrrole nitrogens is 1. The van der Waals surface area contributed by atoms with Gasteiger partial charge in [-0.2, -0.15) is 14.9 Å². The fourth-order valence-corrected chi connectivity index (χ4v) is 2.38. The molecule has 0 spiro atoms. The van der Waals surface area contributed by atoms with Gasteiger partial charge in [-0.25, -0.2) is 0 Å². The van der Waals surface area contributed by atoms with Gasteiger partial charge in [0.2, 0.25) is 4.77 Å². The predicted octanol–water partition coefficient (Wildman–Crippen LogP) is 2.81. The summed E-state index contributed by atoms with van der Waals surface area (Å²) in [4.78, 5) is 11.9. The average molecular weight is 345 g/mol. The molecule has 0 fully saturated rings. The lowest BCUT2D eigenvalue weighted by atomic mass is 10.2. The lowest BCUT2D eigenvalue weighted by Crippen LogP contribution is -2.22. The Bertz CT molecular complexity index is 806. The number of nitrogens with one attached hydrogen (secondary N) is 1. The molecule has 0 aliphatic rings. The maximum atomic E-state index is 11.9. The molecule has 9 heteroatoms. The minimum absolute atomic E-state index is 0.0903. The van der Waals surface area contributed by atoms with Crippen LogP contribution in [0.3, 0.4) is 0 Å². The topological polar surface area (TPSA) is 72.3 Å². The zero-order valence-electron chi connectivity index (χ0n) is 11.1. The number of methoxy groups -OCH3 is 1. The molecule has 0 bridgehead atoms. The summed E-state index contributed by atoms with van der Waals surface area (Å²) in [5.74, 6) is 0.379. The molecule has 110 valence electrons. The van der Waals surface area contributed by atoms with Gasteiger partial charge in [-0.1, -0.05) is 23.2 Å². The first-order valence-corrected chi connectivity index (χ1v) is 6.86. The molecular weight excluding hydrogens is 335 g/mol. The number of nitrogens with zero attached hydrogens (tertiary/aromatic N) is 3. The molecule has 2 aromatic rings. The first-order valence-electron chi connectivity index (χ1n) is 5.69. The van der Waals surface area contributed by atoms with Gasteiger partial charge in [0, 0.05) is 0 Å². The maximum Gasteiger partial charge on any atom is 0.296 e. The lowest BCUT2D eigenvalue weighted by molar-refractivity contribution is 0.415. The Morgan fingerprint density at radius 3 is 2.62 bits per heavy atom. The Balaban J connectivity index is 2.46. The fourth-order valence-electron chi connectivity index (χ4n) is 1.55. The number of ether oxygens (including phenoxy) is 1. The number of aryl methyl sites for hydroxylation is 1. The normalized spacial score (nSPS) is 11.0. The number of aromatic amines is 1. The number of rotatable bonds is 3. The van der Waals surface area contributed by atoms with Gasteiger partial charge in [-0.05, 0) is 36.8 Å². The Morgan fingerprint density at radius 2 is 2.05 bits per heavy atom. The van der Waals surface area contributed by atoms with Gasteiger partial charge in [-0.15, -0.1) is 0 Å². The van der Waals surface area contributed by atoms with Crippen molar-refractivity contribution in [3.05, 3.63) is 48.6 Å². The highest BCUT2D eigenvalue weighted by molar-refractivity contribution is 7.71. The van der Waals surface area contributed by atoms with Crippen molar-refractivity contribution in [2.24, 2.45) is 5.10 Å². The Labute approximate surface area is 135 Å². The van der Waals surface area contributed by atoms with E-state index in [-0.39, 0.29) is 10.5 Å². The summed E-state index contributed by atoms with van der Waals surface area (Å²) in [5.41, 5.74) is 0.453. The highest BCUT2D eigenvalue weighted by Crippen LogP contribution is 2.33. The average Bonchev–Trinajstić information content (AvgIpc) is 2.43. The van der Waals surface area contributed by atoms with Crippen molar-refractivity contribution in [1.82, 2.24) is 14.9 Å². The molecule has 0 aliphatic carbocycles. The standard InChI is InChI=1S/C12H10Cl2N4O2S/c1-6-11(19)18(12(21)17-16-6)15-5-7-3-8(13)10(20-2)9(14)4-7/h3-5H,1-2H3,(H,17,21)/b15-5-. The number of halogens is 2. The van der Waals surface area contributed by atoms with Crippen LogP contribution in [0.1, 0.15) is 11.3 Å². The SMILES string of the molecule is COc1c(Cl)cc(/C=N\n2c(=S)[nH]nc(C)c2=O)cc1Cl. The third-order valence-corrected chi connectivity index (χ3v) is 3.39. The summed E-state index contributed by atoms with van der Waals surface area (Å²) < 4.78 is 6.18. The van der Waals surface area contributed by atoms with Gasteiger partial charge in [-0.3, -0.25) is 9.89 Å². The zero-order chi connectivity index (χ0) is 15.6. The van der Waals surface area contributed by atoms with Crippen LogP contribution in [0, 0.1) is 11.7 Å². The van der Waals surface area contributed by atoms with Crippen molar-refractivity contribution >= 4 is 41.6 Å². The van der Waals surface area contributed by atoms with E-state index in [0.717, 1.165) is 4.68 Å².